The fourth-order valence-electron chi connectivity index (χ4n) is 4.51. The zero-order valence-electron chi connectivity index (χ0n) is 20.7. The predicted molar refractivity (Wildman–Crippen MR) is 140 cm³/mol. The Kier molecular flexibility index (Phi) is 6.64. The van der Waals surface area contributed by atoms with E-state index in [0.717, 1.165) is 22.3 Å². The first-order chi connectivity index (χ1) is 17.9. The second kappa shape index (κ2) is 10.2. The van der Waals surface area contributed by atoms with Crippen LogP contribution in [0.1, 0.15) is 39.6 Å². The quantitative estimate of drug-likeness (QED) is 0.191. The highest BCUT2D eigenvalue weighted by Gasteiger charge is 2.46. The van der Waals surface area contributed by atoms with Crippen molar-refractivity contribution in [1.82, 2.24) is 4.90 Å². The van der Waals surface area contributed by atoms with Crippen molar-refractivity contribution in [2.45, 2.75) is 33.0 Å². The number of carbonyl (C=O) groups is 2. The standard InChI is InChI=1S/C31H27NO5/c1-20-9-11-22(12-10-20)28-27(30(34)31(35)32(28)18-26-8-5-17-36-26)29(33)23-13-15-25(16-14-23)37-19-24-7-4-3-6-21(24)2/h3-17,28,33H,18-19H2,1-2H3/b29-27+. The average Bonchev–Trinajstić information content (AvgIpc) is 3.51. The van der Waals surface area contributed by atoms with Gasteiger partial charge < -0.3 is 19.2 Å². The molecule has 1 fully saturated rings. The van der Waals surface area contributed by atoms with Gasteiger partial charge in [-0.2, -0.15) is 0 Å². The van der Waals surface area contributed by atoms with Crippen LogP contribution in [0.25, 0.3) is 5.76 Å². The molecule has 186 valence electrons. The molecule has 0 aliphatic carbocycles. The Morgan fingerprint density at radius 2 is 1.65 bits per heavy atom. The van der Waals surface area contributed by atoms with Crippen LogP contribution >= 0.6 is 0 Å². The first kappa shape index (κ1) is 24.1. The molecule has 0 saturated carbocycles. The summed E-state index contributed by atoms with van der Waals surface area (Å²) in [5, 5.41) is 11.3. The summed E-state index contributed by atoms with van der Waals surface area (Å²) in [6.45, 7) is 4.53. The molecule has 1 aromatic heterocycles. The van der Waals surface area contributed by atoms with Crippen LogP contribution in [0.3, 0.4) is 0 Å². The topological polar surface area (TPSA) is 80.0 Å². The van der Waals surface area contributed by atoms with E-state index in [4.69, 9.17) is 9.15 Å². The Morgan fingerprint density at radius 3 is 2.32 bits per heavy atom. The van der Waals surface area contributed by atoms with Crippen molar-refractivity contribution in [3.8, 4) is 5.75 Å². The molecule has 1 N–H and O–H groups in total. The number of amides is 1. The van der Waals surface area contributed by atoms with Crippen LogP contribution in [0.2, 0.25) is 0 Å². The molecular formula is C31H27NO5. The maximum Gasteiger partial charge on any atom is 0.296 e. The van der Waals surface area contributed by atoms with Gasteiger partial charge in [-0.15, -0.1) is 0 Å². The molecule has 5 rings (SSSR count). The minimum absolute atomic E-state index is 0.0500. The molecule has 1 aliphatic rings. The van der Waals surface area contributed by atoms with Crippen molar-refractivity contribution in [2.24, 2.45) is 0 Å². The highest BCUT2D eigenvalue weighted by atomic mass is 16.5. The maximum absolute atomic E-state index is 13.2. The number of benzene rings is 3. The highest BCUT2D eigenvalue weighted by molar-refractivity contribution is 6.46. The summed E-state index contributed by atoms with van der Waals surface area (Å²) in [5.74, 6) is -0.449. The lowest BCUT2D eigenvalue weighted by Crippen LogP contribution is -2.29. The first-order valence-electron chi connectivity index (χ1n) is 12.1. The number of rotatable bonds is 7. The molecule has 2 heterocycles. The molecule has 4 aromatic rings. The Bertz CT molecular complexity index is 1450. The number of aliphatic hydroxyl groups is 1. The lowest BCUT2D eigenvalue weighted by Gasteiger charge is -2.24. The summed E-state index contributed by atoms with van der Waals surface area (Å²) in [4.78, 5) is 27.7. The number of Topliss-reactive ketones (excluding diaryl/α,β-unsaturated/α-hetero) is 1. The molecule has 1 unspecified atom stereocenters. The van der Waals surface area contributed by atoms with Crippen LogP contribution in [0.4, 0.5) is 0 Å². The van der Waals surface area contributed by atoms with E-state index >= 15 is 0 Å². The maximum atomic E-state index is 13.2. The van der Waals surface area contributed by atoms with E-state index in [9.17, 15) is 14.7 Å². The lowest BCUT2D eigenvalue weighted by atomic mass is 9.94. The lowest BCUT2D eigenvalue weighted by molar-refractivity contribution is -0.140. The number of carbonyl (C=O) groups excluding carboxylic acids is 2. The number of hydrogen-bond donors (Lipinski definition) is 1. The van der Waals surface area contributed by atoms with Gasteiger partial charge >= 0.3 is 0 Å². The Balaban J connectivity index is 1.47. The molecule has 3 aromatic carbocycles. The van der Waals surface area contributed by atoms with E-state index < -0.39 is 17.7 Å². The van der Waals surface area contributed by atoms with Gasteiger partial charge in [-0.05, 0) is 66.9 Å². The van der Waals surface area contributed by atoms with E-state index in [1.54, 1.807) is 36.4 Å². The monoisotopic (exact) mass is 493 g/mol. The molecular weight excluding hydrogens is 466 g/mol. The summed E-state index contributed by atoms with van der Waals surface area (Å²) >= 11 is 0. The Hall–Kier alpha value is -4.58. The third-order valence-corrected chi connectivity index (χ3v) is 6.62. The van der Waals surface area contributed by atoms with E-state index in [1.165, 1.54) is 11.2 Å². The average molecular weight is 494 g/mol. The van der Waals surface area contributed by atoms with Gasteiger partial charge in [-0.25, -0.2) is 0 Å². The van der Waals surface area contributed by atoms with Crippen molar-refractivity contribution in [3.05, 3.63) is 130 Å². The molecule has 0 bridgehead atoms. The number of nitrogens with zero attached hydrogens (tertiary/aromatic N) is 1. The van der Waals surface area contributed by atoms with E-state index in [0.29, 0.717) is 23.7 Å². The molecule has 6 nitrogen and oxygen atoms in total. The second-order valence-electron chi connectivity index (χ2n) is 9.16. The minimum atomic E-state index is -0.748. The molecule has 0 radical (unpaired) electrons. The largest absolute Gasteiger partial charge is 0.507 e. The van der Waals surface area contributed by atoms with Gasteiger partial charge in [0.25, 0.3) is 11.7 Å². The fraction of sp³-hybridized carbons (Fsp3) is 0.161. The number of furan rings is 1. The summed E-state index contributed by atoms with van der Waals surface area (Å²) < 4.78 is 11.4. The van der Waals surface area contributed by atoms with Crippen molar-refractivity contribution in [1.29, 1.82) is 0 Å². The van der Waals surface area contributed by atoms with Gasteiger partial charge in [0.05, 0.1) is 24.4 Å². The van der Waals surface area contributed by atoms with Crippen LogP contribution < -0.4 is 4.74 Å². The van der Waals surface area contributed by atoms with Crippen LogP contribution in [-0.2, 0) is 22.7 Å². The number of ether oxygens (including phenoxy) is 1. The zero-order valence-corrected chi connectivity index (χ0v) is 20.7. The Morgan fingerprint density at radius 1 is 0.919 bits per heavy atom. The fourth-order valence-corrected chi connectivity index (χ4v) is 4.51. The van der Waals surface area contributed by atoms with Gasteiger partial charge in [0, 0.05) is 5.56 Å². The number of aliphatic hydroxyl groups excluding tert-OH is 1. The Labute approximate surface area is 215 Å². The number of ketones is 1. The third-order valence-electron chi connectivity index (χ3n) is 6.62. The number of aryl methyl sites for hydroxylation is 2. The predicted octanol–water partition coefficient (Wildman–Crippen LogP) is 6.10. The SMILES string of the molecule is Cc1ccc(C2/C(=C(\O)c3ccc(OCc4ccccc4C)cc3)C(=O)C(=O)N2Cc2ccco2)cc1. The zero-order chi connectivity index (χ0) is 25.9. The van der Waals surface area contributed by atoms with Gasteiger partial charge in [-0.3, -0.25) is 9.59 Å². The number of hydrogen-bond acceptors (Lipinski definition) is 5. The van der Waals surface area contributed by atoms with Crippen molar-refractivity contribution < 1.29 is 23.8 Å². The second-order valence-corrected chi connectivity index (χ2v) is 9.16. The summed E-state index contributed by atoms with van der Waals surface area (Å²) in [7, 11) is 0. The molecule has 1 aliphatic heterocycles. The molecule has 1 amide bonds. The van der Waals surface area contributed by atoms with Crippen LogP contribution in [0, 0.1) is 13.8 Å². The molecule has 0 spiro atoms. The minimum Gasteiger partial charge on any atom is -0.507 e. The van der Waals surface area contributed by atoms with E-state index in [-0.39, 0.29) is 17.9 Å². The van der Waals surface area contributed by atoms with E-state index in [2.05, 4.69) is 0 Å². The van der Waals surface area contributed by atoms with Gasteiger partial charge in [0.1, 0.15) is 23.9 Å². The summed E-state index contributed by atoms with van der Waals surface area (Å²) in [5.41, 5.74) is 4.49. The van der Waals surface area contributed by atoms with Gasteiger partial charge in [-0.1, -0.05) is 54.1 Å². The number of likely N-dealkylation sites (tertiary alicyclic amines) is 1. The van der Waals surface area contributed by atoms with Crippen molar-refractivity contribution in [3.63, 3.8) is 0 Å². The van der Waals surface area contributed by atoms with Crippen molar-refractivity contribution in [2.75, 3.05) is 0 Å². The highest BCUT2D eigenvalue weighted by Crippen LogP contribution is 2.40. The normalized spacial score (nSPS) is 16.8. The van der Waals surface area contributed by atoms with Crippen LogP contribution in [0.15, 0.2) is 101 Å². The molecule has 37 heavy (non-hydrogen) atoms. The third kappa shape index (κ3) is 4.91. The summed E-state index contributed by atoms with van der Waals surface area (Å²) in [6, 6.07) is 25.2. The van der Waals surface area contributed by atoms with Gasteiger partial charge in [0.2, 0.25) is 0 Å². The molecule has 1 saturated heterocycles. The van der Waals surface area contributed by atoms with Crippen LogP contribution in [0.5, 0.6) is 5.75 Å². The van der Waals surface area contributed by atoms with Crippen LogP contribution in [-0.4, -0.2) is 21.7 Å². The summed E-state index contributed by atoms with van der Waals surface area (Å²) in [6.07, 6.45) is 1.52. The molecule has 1 atom stereocenters. The van der Waals surface area contributed by atoms with E-state index in [1.807, 2.05) is 62.4 Å². The van der Waals surface area contributed by atoms with Gasteiger partial charge in [0.15, 0.2) is 0 Å². The van der Waals surface area contributed by atoms with Crippen molar-refractivity contribution >= 4 is 17.4 Å². The first-order valence-corrected chi connectivity index (χ1v) is 12.1. The molecule has 6 heteroatoms. The smallest absolute Gasteiger partial charge is 0.296 e.